The van der Waals surface area contributed by atoms with Crippen LogP contribution in [0.1, 0.15) is 6.42 Å². The van der Waals surface area contributed by atoms with E-state index in [9.17, 15) is 4.39 Å². The summed E-state index contributed by atoms with van der Waals surface area (Å²) in [6, 6.07) is 18.0. The molecule has 0 saturated heterocycles. The van der Waals surface area contributed by atoms with Crippen molar-refractivity contribution < 1.29 is 9.13 Å². The number of halogens is 1. The van der Waals surface area contributed by atoms with Crippen LogP contribution in [0.25, 0.3) is 28.0 Å². The Balaban J connectivity index is 1.68. The van der Waals surface area contributed by atoms with Crippen molar-refractivity contribution in [2.45, 2.75) is 6.42 Å². The van der Waals surface area contributed by atoms with E-state index < -0.39 is 0 Å². The molecule has 0 atom stereocenters. The first-order valence-corrected chi connectivity index (χ1v) is 9.59. The number of fused-ring (bicyclic) bond motifs is 1. The second-order valence-corrected chi connectivity index (χ2v) is 7.14. The van der Waals surface area contributed by atoms with E-state index in [0.29, 0.717) is 6.61 Å². The minimum Gasteiger partial charge on any atom is -0.493 e. The van der Waals surface area contributed by atoms with E-state index in [1.54, 1.807) is 23.0 Å². The molecule has 0 aliphatic heterocycles. The van der Waals surface area contributed by atoms with E-state index in [0.717, 1.165) is 46.7 Å². The summed E-state index contributed by atoms with van der Waals surface area (Å²) < 4.78 is 21.1. The monoisotopic (exact) mass is 390 g/mol. The van der Waals surface area contributed by atoms with Crippen LogP contribution in [0, 0.1) is 5.82 Å². The highest BCUT2D eigenvalue weighted by Crippen LogP contribution is 2.29. The summed E-state index contributed by atoms with van der Waals surface area (Å²) in [5, 5.41) is 5.70. The molecule has 148 valence electrons. The van der Waals surface area contributed by atoms with Crippen LogP contribution in [-0.2, 0) is 0 Å². The lowest BCUT2D eigenvalue weighted by Crippen LogP contribution is -2.15. The van der Waals surface area contributed by atoms with Crippen LogP contribution in [0.5, 0.6) is 5.75 Å². The molecule has 4 rings (SSSR count). The molecule has 6 heteroatoms. The maximum Gasteiger partial charge on any atom is 0.163 e. The maximum atomic E-state index is 13.3. The van der Waals surface area contributed by atoms with Gasteiger partial charge in [-0.15, -0.1) is 0 Å². The summed E-state index contributed by atoms with van der Waals surface area (Å²) in [4.78, 5) is 6.66. The van der Waals surface area contributed by atoms with Crippen LogP contribution in [0.3, 0.4) is 0 Å². The maximum absolute atomic E-state index is 13.3. The fraction of sp³-hybridized carbons (Fsp3) is 0.217. The van der Waals surface area contributed by atoms with Gasteiger partial charge in [0.15, 0.2) is 5.65 Å². The fourth-order valence-electron chi connectivity index (χ4n) is 3.23. The number of nitrogens with zero attached hydrogens (tertiary/aromatic N) is 4. The highest BCUT2D eigenvalue weighted by molar-refractivity contribution is 5.92. The van der Waals surface area contributed by atoms with Gasteiger partial charge in [-0.25, -0.2) is 14.1 Å². The van der Waals surface area contributed by atoms with Crippen molar-refractivity contribution in [2.75, 3.05) is 27.2 Å². The number of benzene rings is 2. The summed E-state index contributed by atoms with van der Waals surface area (Å²) >= 11 is 0. The molecule has 5 nitrogen and oxygen atoms in total. The number of rotatable bonds is 7. The largest absolute Gasteiger partial charge is 0.493 e. The standard InChI is InChI=1S/C23H23FN4O/c1-27(2)14-5-15-29-20-7-3-6-19(16-20)28-23-21(8-4-13-25-23)22(26-28)17-9-11-18(24)12-10-17/h3-4,6-13,16H,5,14-15H2,1-2H3. The van der Waals surface area contributed by atoms with Crippen LogP contribution < -0.4 is 4.74 Å². The van der Waals surface area contributed by atoms with Crippen molar-refractivity contribution in [3.8, 4) is 22.7 Å². The molecule has 2 aromatic carbocycles. The van der Waals surface area contributed by atoms with Gasteiger partial charge in [0.05, 0.1) is 12.3 Å². The summed E-state index contributed by atoms with van der Waals surface area (Å²) in [5.41, 5.74) is 3.23. The molecule has 0 unspecified atom stereocenters. The quantitative estimate of drug-likeness (QED) is 0.434. The van der Waals surface area contributed by atoms with Crippen LogP contribution in [0.4, 0.5) is 4.39 Å². The van der Waals surface area contributed by atoms with E-state index in [-0.39, 0.29) is 5.82 Å². The Morgan fingerprint density at radius 1 is 1.03 bits per heavy atom. The highest BCUT2D eigenvalue weighted by atomic mass is 19.1. The molecule has 2 heterocycles. The minimum atomic E-state index is -0.269. The van der Waals surface area contributed by atoms with E-state index in [1.165, 1.54) is 12.1 Å². The molecule has 2 aromatic heterocycles. The zero-order valence-corrected chi connectivity index (χ0v) is 16.5. The molecule has 0 aliphatic carbocycles. The predicted octanol–water partition coefficient (Wildman–Crippen LogP) is 4.56. The van der Waals surface area contributed by atoms with Crippen LogP contribution in [0.2, 0.25) is 0 Å². The zero-order chi connectivity index (χ0) is 20.2. The third-order valence-corrected chi connectivity index (χ3v) is 4.64. The van der Waals surface area contributed by atoms with Crippen molar-refractivity contribution in [1.82, 2.24) is 19.7 Å². The second kappa shape index (κ2) is 8.41. The van der Waals surface area contributed by atoms with Gasteiger partial charge in [0.25, 0.3) is 0 Å². The Morgan fingerprint density at radius 2 is 1.86 bits per heavy atom. The van der Waals surface area contributed by atoms with Crippen molar-refractivity contribution in [1.29, 1.82) is 0 Å². The van der Waals surface area contributed by atoms with Gasteiger partial charge < -0.3 is 9.64 Å². The Kier molecular flexibility index (Phi) is 5.53. The fourth-order valence-corrected chi connectivity index (χ4v) is 3.23. The first kappa shape index (κ1) is 19.1. The van der Waals surface area contributed by atoms with Crippen LogP contribution >= 0.6 is 0 Å². The highest BCUT2D eigenvalue weighted by Gasteiger charge is 2.15. The molecule has 0 N–H and O–H groups in total. The molecular weight excluding hydrogens is 367 g/mol. The van der Waals surface area contributed by atoms with Crippen molar-refractivity contribution in [3.05, 3.63) is 72.7 Å². The smallest absolute Gasteiger partial charge is 0.163 e. The Morgan fingerprint density at radius 3 is 2.66 bits per heavy atom. The number of ether oxygens (including phenoxy) is 1. The Hall–Kier alpha value is -3.25. The van der Waals surface area contributed by atoms with E-state index in [1.807, 2.05) is 36.4 Å². The van der Waals surface area contributed by atoms with E-state index in [4.69, 9.17) is 9.84 Å². The van der Waals surface area contributed by atoms with Gasteiger partial charge in [-0.2, -0.15) is 5.10 Å². The van der Waals surface area contributed by atoms with Crippen LogP contribution in [-0.4, -0.2) is 46.9 Å². The normalized spacial score (nSPS) is 11.3. The first-order valence-electron chi connectivity index (χ1n) is 9.59. The Labute approximate surface area is 169 Å². The lowest BCUT2D eigenvalue weighted by molar-refractivity contribution is 0.281. The molecule has 4 aromatic rings. The zero-order valence-electron chi connectivity index (χ0n) is 16.5. The number of hydrogen-bond donors (Lipinski definition) is 0. The van der Waals surface area contributed by atoms with Crippen molar-refractivity contribution in [3.63, 3.8) is 0 Å². The molecular formula is C23H23FN4O. The third-order valence-electron chi connectivity index (χ3n) is 4.64. The topological polar surface area (TPSA) is 43.2 Å². The van der Waals surface area contributed by atoms with E-state index in [2.05, 4.69) is 24.0 Å². The van der Waals surface area contributed by atoms with Crippen molar-refractivity contribution >= 4 is 11.0 Å². The molecule has 0 spiro atoms. The van der Waals surface area contributed by atoms with Gasteiger partial charge in [0, 0.05) is 29.8 Å². The second-order valence-electron chi connectivity index (χ2n) is 7.14. The molecule has 0 amide bonds. The molecule has 0 radical (unpaired) electrons. The number of pyridine rings is 1. The average Bonchev–Trinajstić information content (AvgIpc) is 3.12. The summed E-state index contributed by atoms with van der Waals surface area (Å²) in [7, 11) is 4.10. The van der Waals surface area contributed by atoms with Crippen LogP contribution in [0.15, 0.2) is 66.9 Å². The first-order chi connectivity index (χ1) is 14.1. The van der Waals surface area contributed by atoms with Crippen molar-refractivity contribution in [2.24, 2.45) is 0 Å². The van der Waals surface area contributed by atoms with Gasteiger partial charge >= 0.3 is 0 Å². The lowest BCUT2D eigenvalue weighted by Gasteiger charge is -2.11. The number of hydrogen-bond acceptors (Lipinski definition) is 4. The summed E-state index contributed by atoms with van der Waals surface area (Å²) in [6.07, 6.45) is 2.70. The SMILES string of the molecule is CN(C)CCCOc1cccc(-n2nc(-c3ccc(F)cc3)c3cccnc32)c1. The minimum absolute atomic E-state index is 0.269. The third kappa shape index (κ3) is 4.27. The molecule has 0 aliphatic rings. The molecule has 0 saturated carbocycles. The number of aromatic nitrogens is 3. The molecule has 0 fully saturated rings. The van der Waals surface area contributed by atoms with Gasteiger partial charge in [-0.1, -0.05) is 6.07 Å². The lowest BCUT2D eigenvalue weighted by atomic mass is 10.1. The molecule has 29 heavy (non-hydrogen) atoms. The van der Waals surface area contributed by atoms with E-state index >= 15 is 0 Å². The molecule has 0 bridgehead atoms. The predicted molar refractivity (Wildman–Crippen MR) is 113 cm³/mol. The average molecular weight is 390 g/mol. The summed E-state index contributed by atoms with van der Waals surface area (Å²) in [6.45, 7) is 1.63. The van der Waals surface area contributed by atoms with Gasteiger partial charge in [-0.3, -0.25) is 0 Å². The van der Waals surface area contributed by atoms with Gasteiger partial charge in [0.2, 0.25) is 0 Å². The van der Waals surface area contributed by atoms with Gasteiger partial charge in [-0.05, 0) is 69.0 Å². The summed E-state index contributed by atoms with van der Waals surface area (Å²) in [5.74, 6) is 0.527. The van der Waals surface area contributed by atoms with Gasteiger partial charge in [0.1, 0.15) is 17.3 Å². The Bertz CT molecular complexity index is 1110.